The van der Waals surface area contributed by atoms with E-state index in [-0.39, 0.29) is 43.9 Å². The quantitative estimate of drug-likeness (QED) is 0.286. The Balaban J connectivity index is 1.77. The molecule has 1 aromatic heterocycles. The number of fused-ring (bicyclic) bond motifs is 5. The van der Waals surface area contributed by atoms with E-state index < -0.39 is 89.5 Å². The number of amides is 1. The van der Waals surface area contributed by atoms with Crippen LogP contribution in [0.3, 0.4) is 0 Å². The summed E-state index contributed by atoms with van der Waals surface area (Å²) in [5.41, 5.74) is -0.996. The number of esters is 2. The molecule has 5 rings (SSSR count). The number of ether oxygens (including phenoxy) is 6. The predicted molar refractivity (Wildman–Crippen MR) is 239 cm³/mol. The molecule has 3 saturated heterocycles. The first-order valence-electron chi connectivity index (χ1n) is 22.2. The topological polar surface area (TPSA) is 176 Å². The van der Waals surface area contributed by atoms with E-state index in [1.165, 1.54) is 19.2 Å². The van der Waals surface area contributed by atoms with Crippen molar-refractivity contribution < 1.29 is 53.0 Å². The van der Waals surface area contributed by atoms with Crippen molar-refractivity contribution in [2.24, 2.45) is 28.7 Å². The van der Waals surface area contributed by atoms with Crippen LogP contribution in [0.15, 0.2) is 77.4 Å². The van der Waals surface area contributed by atoms with Crippen LogP contribution in [-0.4, -0.2) is 131 Å². The fourth-order valence-corrected chi connectivity index (χ4v) is 9.55. The van der Waals surface area contributed by atoms with Gasteiger partial charge in [0.1, 0.15) is 29.6 Å². The van der Waals surface area contributed by atoms with Gasteiger partial charge >= 0.3 is 11.9 Å². The summed E-state index contributed by atoms with van der Waals surface area (Å²) in [6, 6.07) is 14.4. The van der Waals surface area contributed by atoms with Gasteiger partial charge in [-0.25, -0.2) is 14.8 Å². The molecule has 63 heavy (non-hydrogen) atoms. The lowest BCUT2D eigenvalue weighted by Crippen LogP contribution is -2.61. The fourth-order valence-electron chi connectivity index (χ4n) is 9.55. The van der Waals surface area contributed by atoms with Gasteiger partial charge in [0.25, 0.3) is 0 Å². The SMILES string of the molecule is CC[C@H]1OC(=O)[C@H](C)[C@@H](OC(=O)c2ccccn2)[C@H](C)[C@@H](O[C@@H]2O[C@H](C)C[C@H](N(C)C)[C@H]2O)[C@@]2(C)C[C@@H](C)C(=NC(C)=O)[C@H](C)[C@H](OC/C(=C/C=C\c3ccccc3)CO2)[C@]1(C)O. The molecule has 0 aliphatic carbocycles. The molecule has 3 fully saturated rings. The molecule has 2 aromatic rings. The number of hydrogen-bond acceptors (Lipinski definition) is 13. The van der Waals surface area contributed by atoms with Crippen molar-refractivity contribution in [2.75, 3.05) is 27.3 Å². The lowest BCUT2D eigenvalue weighted by atomic mass is 9.73. The zero-order valence-electron chi connectivity index (χ0n) is 38.8. The highest BCUT2D eigenvalue weighted by Crippen LogP contribution is 2.42. The first-order valence-corrected chi connectivity index (χ1v) is 22.2. The van der Waals surface area contributed by atoms with Crippen molar-refractivity contribution in [3.05, 3.63) is 83.7 Å². The Morgan fingerprint density at radius 2 is 1.71 bits per heavy atom. The molecule has 4 heterocycles. The molecule has 14 nitrogen and oxygen atoms in total. The molecule has 1 aromatic carbocycles. The van der Waals surface area contributed by atoms with Gasteiger partial charge in [0.05, 0.1) is 43.0 Å². The van der Waals surface area contributed by atoms with E-state index in [1.54, 1.807) is 32.9 Å². The van der Waals surface area contributed by atoms with Gasteiger partial charge in [-0.1, -0.05) is 82.3 Å². The number of rotatable bonds is 8. The van der Waals surface area contributed by atoms with E-state index in [0.29, 0.717) is 17.7 Å². The number of aliphatic hydroxyl groups is 2. The number of pyridine rings is 1. The van der Waals surface area contributed by atoms with Crippen molar-refractivity contribution in [1.29, 1.82) is 0 Å². The van der Waals surface area contributed by atoms with Crippen LogP contribution in [0.4, 0.5) is 0 Å². The Morgan fingerprint density at radius 1 is 1.02 bits per heavy atom. The predicted octanol–water partition coefficient (Wildman–Crippen LogP) is 6.24. The largest absolute Gasteiger partial charge is 0.459 e. The van der Waals surface area contributed by atoms with E-state index in [0.717, 1.165) is 5.56 Å². The summed E-state index contributed by atoms with van der Waals surface area (Å²) in [6.07, 6.45) is 1.14. The third-order valence-corrected chi connectivity index (χ3v) is 12.9. The van der Waals surface area contributed by atoms with Crippen LogP contribution < -0.4 is 0 Å². The molecule has 1 amide bonds. The second-order valence-corrected chi connectivity index (χ2v) is 18.3. The van der Waals surface area contributed by atoms with Gasteiger partial charge in [-0.3, -0.25) is 9.59 Å². The molecule has 0 spiro atoms. The third kappa shape index (κ3) is 12.2. The summed E-state index contributed by atoms with van der Waals surface area (Å²) in [7, 11) is 3.77. The van der Waals surface area contributed by atoms with Crippen LogP contribution in [0.1, 0.15) is 97.6 Å². The molecular weight excluding hydrogens is 807 g/mol. The van der Waals surface area contributed by atoms with E-state index in [2.05, 4.69) is 9.98 Å². The number of benzene rings is 1. The standard InChI is InChI=1S/C49H69N3O11/c1-12-39-49(9,57)44-31(4)40(51-34(7)53)29(2)26-48(8,59-28-36(27-58-44)22-18-21-35-19-14-13-15-20-35)43(63-47-41(54)38(52(10)11)25-30(3)60-47)32(5)42(33(6)45(55)61-39)62-46(56)37-23-16-17-24-50-37/h13-24,29-33,38-39,41-44,47,54,57H,12,25-28H2,1-11H3/b21-18-,36-22-,51-40?/t29-,30-,31+,32+,33-,38+,39-,41-,42+,43-,44+,47+,48-,49-/m1/s1. The number of allylic oxidation sites excluding steroid dienone is 2. The van der Waals surface area contributed by atoms with Crippen LogP contribution in [0.2, 0.25) is 0 Å². The van der Waals surface area contributed by atoms with Gasteiger partial charge < -0.3 is 43.5 Å². The van der Waals surface area contributed by atoms with Gasteiger partial charge in [0, 0.05) is 36.7 Å². The number of nitrogens with zero attached hydrogens (tertiary/aromatic N) is 3. The minimum Gasteiger partial charge on any atom is -0.459 e. The average molecular weight is 876 g/mol. The Bertz CT molecular complexity index is 1940. The molecule has 3 aliphatic heterocycles. The molecule has 0 unspecified atom stereocenters. The van der Waals surface area contributed by atoms with E-state index in [4.69, 9.17) is 28.4 Å². The number of carbonyl (C=O) groups excluding carboxylic acids is 3. The summed E-state index contributed by atoms with van der Waals surface area (Å²) < 4.78 is 39.9. The van der Waals surface area contributed by atoms with Crippen molar-refractivity contribution in [2.45, 2.75) is 142 Å². The van der Waals surface area contributed by atoms with Crippen molar-refractivity contribution in [3.63, 3.8) is 0 Å². The number of aliphatic hydroxyl groups excluding tert-OH is 1. The maximum atomic E-state index is 14.6. The highest BCUT2D eigenvalue weighted by molar-refractivity contribution is 5.98. The second kappa shape index (κ2) is 21.7. The van der Waals surface area contributed by atoms with Gasteiger partial charge in [-0.05, 0) is 90.2 Å². The summed E-state index contributed by atoms with van der Waals surface area (Å²) in [5.74, 6) is -5.11. The van der Waals surface area contributed by atoms with Crippen LogP contribution in [0, 0.1) is 23.7 Å². The van der Waals surface area contributed by atoms with Gasteiger partial charge in [-0.15, -0.1) is 0 Å². The summed E-state index contributed by atoms with van der Waals surface area (Å²) >= 11 is 0. The molecule has 0 radical (unpaired) electrons. The maximum Gasteiger partial charge on any atom is 0.357 e. The van der Waals surface area contributed by atoms with E-state index in [1.807, 2.05) is 102 Å². The maximum absolute atomic E-state index is 14.6. The Kier molecular flexibility index (Phi) is 17.2. The molecule has 2 N–H and O–H groups in total. The first kappa shape index (κ1) is 49.9. The normalized spacial score (nSPS) is 37.5. The molecular formula is C49H69N3O11. The number of cyclic esters (lactones) is 1. The lowest BCUT2D eigenvalue weighted by molar-refractivity contribution is -0.302. The monoisotopic (exact) mass is 875 g/mol. The number of hydrogen-bond donors (Lipinski definition) is 2. The van der Waals surface area contributed by atoms with Crippen molar-refractivity contribution >= 4 is 29.6 Å². The zero-order valence-corrected chi connectivity index (χ0v) is 38.8. The minimum atomic E-state index is -1.82. The first-order chi connectivity index (χ1) is 29.8. The second-order valence-electron chi connectivity index (χ2n) is 18.3. The third-order valence-electron chi connectivity index (χ3n) is 12.9. The molecule has 0 saturated carbocycles. The molecule has 346 valence electrons. The minimum absolute atomic E-state index is 0.0131. The Labute approximate surface area is 373 Å². The van der Waals surface area contributed by atoms with Crippen molar-refractivity contribution in [3.8, 4) is 0 Å². The van der Waals surface area contributed by atoms with Gasteiger partial charge in [0.15, 0.2) is 6.29 Å². The number of aromatic nitrogens is 1. The smallest absolute Gasteiger partial charge is 0.357 e. The molecule has 3 aliphatic rings. The molecule has 2 bridgehead atoms. The summed E-state index contributed by atoms with van der Waals surface area (Å²) in [6.45, 7) is 15.8. The molecule has 14 atom stereocenters. The van der Waals surface area contributed by atoms with Crippen LogP contribution in [0.5, 0.6) is 0 Å². The fraction of sp³-hybridized carbons (Fsp3) is 0.612. The van der Waals surface area contributed by atoms with Crippen LogP contribution in [0.25, 0.3) is 6.08 Å². The Morgan fingerprint density at radius 3 is 2.35 bits per heavy atom. The zero-order chi connectivity index (χ0) is 46.2. The Hall–Kier alpha value is -4.15. The highest BCUT2D eigenvalue weighted by atomic mass is 16.7. The number of aliphatic imine (C=N–C) groups is 1. The summed E-state index contributed by atoms with van der Waals surface area (Å²) in [4.78, 5) is 52.3. The van der Waals surface area contributed by atoms with E-state index >= 15 is 0 Å². The number of carbonyl (C=O) groups is 3. The van der Waals surface area contributed by atoms with Crippen LogP contribution in [-0.2, 0) is 38.0 Å². The van der Waals surface area contributed by atoms with Gasteiger partial charge in [0.2, 0.25) is 5.91 Å². The van der Waals surface area contributed by atoms with Crippen LogP contribution >= 0.6 is 0 Å². The highest BCUT2D eigenvalue weighted by Gasteiger charge is 2.54. The lowest BCUT2D eigenvalue weighted by Gasteiger charge is -2.49. The average Bonchev–Trinajstić information content (AvgIpc) is 3.26. The van der Waals surface area contributed by atoms with E-state index in [9.17, 15) is 24.6 Å². The van der Waals surface area contributed by atoms with Gasteiger partial charge in [-0.2, -0.15) is 0 Å². The number of likely N-dealkylation sites (N-methyl/N-ethyl adjacent to an activating group) is 1. The summed E-state index contributed by atoms with van der Waals surface area (Å²) in [5, 5.41) is 24.6. The molecule has 14 heteroatoms. The van der Waals surface area contributed by atoms with Crippen molar-refractivity contribution in [1.82, 2.24) is 9.88 Å².